The molecule has 0 fully saturated rings. The van der Waals surface area contributed by atoms with Crippen molar-refractivity contribution < 1.29 is 4.42 Å². The largest absolute Gasteiger partial charge is 0.455 e. The SMILES string of the molecule is CC1(c2nc(-c3ccccc3)nc(-n3c4ccccc4c4c5c6ccccc6oc5c5c6ccccc6sc5c43)n2)C=Cc2ccccc2C1. The van der Waals surface area contributed by atoms with Crippen LogP contribution in [0.5, 0.6) is 0 Å². The summed E-state index contributed by atoms with van der Waals surface area (Å²) in [5.74, 6) is 2.02. The van der Waals surface area contributed by atoms with E-state index in [1.54, 1.807) is 11.3 Å². The van der Waals surface area contributed by atoms with Gasteiger partial charge in [0.05, 0.1) is 21.1 Å². The lowest BCUT2D eigenvalue weighted by Gasteiger charge is -2.29. The average molecular weight is 661 g/mol. The highest BCUT2D eigenvalue weighted by Gasteiger charge is 2.33. The molecule has 236 valence electrons. The van der Waals surface area contributed by atoms with E-state index in [9.17, 15) is 0 Å². The van der Waals surface area contributed by atoms with Crippen molar-refractivity contribution >= 4 is 81.3 Å². The van der Waals surface area contributed by atoms with Crippen molar-refractivity contribution in [1.82, 2.24) is 19.5 Å². The van der Waals surface area contributed by atoms with Crippen LogP contribution in [-0.4, -0.2) is 19.5 Å². The van der Waals surface area contributed by atoms with Crippen molar-refractivity contribution in [3.05, 3.63) is 150 Å². The van der Waals surface area contributed by atoms with Crippen LogP contribution in [0.3, 0.4) is 0 Å². The van der Waals surface area contributed by atoms with Gasteiger partial charge in [0.1, 0.15) is 17.0 Å². The van der Waals surface area contributed by atoms with E-state index in [0.717, 1.165) is 71.6 Å². The zero-order valence-corrected chi connectivity index (χ0v) is 27.9. The molecular formula is C44H28N4OS. The van der Waals surface area contributed by atoms with Gasteiger partial charge in [0.2, 0.25) is 5.95 Å². The third-order valence-electron chi connectivity index (χ3n) is 10.4. The van der Waals surface area contributed by atoms with Gasteiger partial charge < -0.3 is 4.42 Å². The molecule has 0 amide bonds. The Morgan fingerprint density at radius 3 is 2.32 bits per heavy atom. The monoisotopic (exact) mass is 660 g/mol. The minimum Gasteiger partial charge on any atom is -0.455 e. The summed E-state index contributed by atoms with van der Waals surface area (Å²) in [5, 5.41) is 6.84. The molecule has 4 heterocycles. The molecule has 10 aromatic rings. The van der Waals surface area contributed by atoms with E-state index in [-0.39, 0.29) is 0 Å². The lowest BCUT2D eigenvalue weighted by atomic mass is 9.77. The molecule has 0 N–H and O–H groups in total. The standard InChI is InChI=1S/C44H28N4OS/c1-44(24-23-26-13-5-6-16-28(26)25-44)42-45-41(27-14-3-2-4-15-27)46-43(47-42)48-32-20-10-7-17-29(32)35-36-30-18-8-11-21-33(30)49-39(36)37-31-19-9-12-22-34(31)50-40(37)38(35)48/h2-24H,25H2,1H3. The third kappa shape index (κ3) is 3.85. The number of para-hydroxylation sites is 2. The van der Waals surface area contributed by atoms with Crippen molar-refractivity contribution in [2.75, 3.05) is 0 Å². The number of hydrogen-bond acceptors (Lipinski definition) is 5. The summed E-state index contributed by atoms with van der Waals surface area (Å²) < 4.78 is 11.4. The zero-order valence-electron chi connectivity index (χ0n) is 27.1. The first kappa shape index (κ1) is 27.8. The molecule has 1 aliphatic carbocycles. The van der Waals surface area contributed by atoms with E-state index in [4.69, 9.17) is 19.4 Å². The molecule has 0 saturated heterocycles. The zero-order chi connectivity index (χ0) is 33.0. The summed E-state index contributed by atoms with van der Waals surface area (Å²) in [6.07, 6.45) is 5.28. The van der Waals surface area contributed by atoms with Crippen LogP contribution < -0.4 is 0 Å². The molecule has 0 aliphatic heterocycles. The first-order valence-electron chi connectivity index (χ1n) is 16.9. The topological polar surface area (TPSA) is 56.7 Å². The molecule has 6 aromatic carbocycles. The Labute approximate surface area is 290 Å². The Bertz CT molecular complexity index is 3040. The molecule has 0 spiro atoms. The van der Waals surface area contributed by atoms with Crippen LogP contribution in [0.4, 0.5) is 0 Å². The minimum absolute atomic E-state index is 0.435. The Morgan fingerprint density at radius 1 is 0.680 bits per heavy atom. The first-order chi connectivity index (χ1) is 24.6. The Kier molecular flexibility index (Phi) is 5.67. The van der Waals surface area contributed by atoms with Gasteiger partial charge >= 0.3 is 0 Å². The lowest BCUT2D eigenvalue weighted by molar-refractivity contribution is 0.541. The van der Waals surface area contributed by atoms with Gasteiger partial charge in [-0.1, -0.05) is 121 Å². The maximum Gasteiger partial charge on any atom is 0.238 e. The van der Waals surface area contributed by atoms with Crippen LogP contribution in [0.25, 0.3) is 87.3 Å². The second-order valence-corrected chi connectivity index (χ2v) is 14.5. The maximum atomic E-state index is 6.77. The molecule has 4 aromatic heterocycles. The fraction of sp³-hybridized carbons (Fsp3) is 0.0682. The predicted octanol–water partition coefficient (Wildman–Crippen LogP) is 11.4. The molecular weight excluding hydrogens is 633 g/mol. The van der Waals surface area contributed by atoms with Gasteiger partial charge in [0.15, 0.2) is 5.82 Å². The summed E-state index contributed by atoms with van der Waals surface area (Å²) in [6, 6.07) is 44.5. The quantitative estimate of drug-likeness (QED) is 0.189. The molecule has 6 heteroatoms. The average Bonchev–Trinajstić information content (AvgIpc) is 3.85. The predicted molar refractivity (Wildman–Crippen MR) is 206 cm³/mol. The number of fused-ring (bicyclic) bond motifs is 13. The number of benzene rings is 6. The van der Waals surface area contributed by atoms with Gasteiger partial charge in [-0.2, -0.15) is 9.97 Å². The molecule has 1 unspecified atom stereocenters. The van der Waals surface area contributed by atoms with Gasteiger partial charge in [-0.3, -0.25) is 4.57 Å². The normalized spacial score (nSPS) is 16.0. The number of hydrogen-bond donors (Lipinski definition) is 0. The van der Waals surface area contributed by atoms with E-state index >= 15 is 0 Å². The number of aromatic nitrogens is 4. The van der Waals surface area contributed by atoms with E-state index in [0.29, 0.717) is 11.8 Å². The molecule has 1 atom stereocenters. The second-order valence-electron chi connectivity index (χ2n) is 13.5. The Morgan fingerprint density at radius 2 is 1.42 bits per heavy atom. The highest BCUT2D eigenvalue weighted by atomic mass is 32.1. The third-order valence-corrected chi connectivity index (χ3v) is 11.5. The fourth-order valence-corrected chi connectivity index (χ4v) is 9.24. The highest BCUT2D eigenvalue weighted by Crippen LogP contribution is 2.50. The Hall–Kier alpha value is -6.11. The summed E-state index contributed by atoms with van der Waals surface area (Å²) in [4.78, 5) is 16.0. The summed E-state index contributed by atoms with van der Waals surface area (Å²) in [7, 11) is 0. The number of nitrogens with zero attached hydrogens (tertiary/aromatic N) is 4. The molecule has 1 aliphatic rings. The fourth-order valence-electron chi connectivity index (χ4n) is 8.00. The van der Waals surface area contributed by atoms with E-state index in [2.05, 4.69) is 127 Å². The van der Waals surface area contributed by atoms with Crippen LogP contribution in [0.15, 0.2) is 138 Å². The smallest absolute Gasteiger partial charge is 0.238 e. The van der Waals surface area contributed by atoms with Crippen LogP contribution in [0, 0.1) is 0 Å². The first-order valence-corrected chi connectivity index (χ1v) is 17.7. The summed E-state index contributed by atoms with van der Waals surface area (Å²) in [6.45, 7) is 2.24. The molecule has 0 radical (unpaired) electrons. The van der Waals surface area contributed by atoms with Crippen LogP contribution in [0.1, 0.15) is 23.9 Å². The Balaban J connectivity index is 1.31. The van der Waals surface area contributed by atoms with Crippen molar-refractivity contribution in [2.24, 2.45) is 0 Å². The van der Waals surface area contributed by atoms with E-state index < -0.39 is 5.41 Å². The van der Waals surface area contributed by atoms with Gasteiger partial charge in [0, 0.05) is 42.6 Å². The minimum atomic E-state index is -0.435. The molecule has 5 nitrogen and oxygen atoms in total. The van der Waals surface area contributed by atoms with Crippen molar-refractivity contribution in [1.29, 1.82) is 0 Å². The lowest BCUT2D eigenvalue weighted by Crippen LogP contribution is -2.29. The molecule has 0 bridgehead atoms. The van der Waals surface area contributed by atoms with Gasteiger partial charge in [-0.05, 0) is 42.7 Å². The molecule has 0 saturated carbocycles. The summed E-state index contributed by atoms with van der Waals surface area (Å²) in [5.41, 5.74) is 7.00. The van der Waals surface area contributed by atoms with Crippen molar-refractivity contribution in [3.8, 4) is 17.3 Å². The van der Waals surface area contributed by atoms with Crippen LogP contribution >= 0.6 is 11.3 Å². The summed E-state index contributed by atoms with van der Waals surface area (Å²) >= 11 is 1.80. The van der Waals surface area contributed by atoms with E-state index in [1.807, 2.05) is 24.3 Å². The van der Waals surface area contributed by atoms with Crippen molar-refractivity contribution in [3.63, 3.8) is 0 Å². The van der Waals surface area contributed by atoms with Crippen LogP contribution in [0.2, 0.25) is 0 Å². The van der Waals surface area contributed by atoms with Gasteiger partial charge in [0.25, 0.3) is 0 Å². The number of thiophene rings is 1. The van der Waals surface area contributed by atoms with Crippen molar-refractivity contribution in [2.45, 2.75) is 18.8 Å². The van der Waals surface area contributed by atoms with E-state index in [1.165, 1.54) is 21.2 Å². The van der Waals surface area contributed by atoms with Crippen LogP contribution in [-0.2, 0) is 11.8 Å². The highest BCUT2D eigenvalue weighted by molar-refractivity contribution is 7.27. The molecule has 50 heavy (non-hydrogen) atoms. The maximum absolute atomic E-state index is 6.77. The number of rotatable bonds is 3. The number of allylic oxidation sites excluding steroid dienone is 1. The number of furan rings is 1. The van der Waals surface area contributed by atoms with Gasteiger partial charge in [-0.25, -0.2) is 4.98 Å². The van der Waals surface area contributed by atoms with Gasteiger partial charge in [-0.15, -0.1) is 11.3 Å². The second kappa shape index (κ2) is 10.2. The molecule has 11 rings (SSSR count).